The summed E-state index contributed by atoms with van der Waals surface area (Å²) in [6.45, 7) is 9.34. The Labute approximate surface area is 114 Å². The quantitative estimate of drug-likeness (QED) is 0.859. The van der Waals surface area contributed by atoms with Crippen LogP contribution in [0, 0.1) is 13.8 Å². The van der Waals surface area contributed by atoms with Crippen LogP contribution < -0.4 is 11.2 Å². The number of likely N-dealkylation sites (N-methyl/N-ethyl adjacent to an activating group) is 1. The van der Waals surface area contributed by atoms with E-state index in [2.05, 4.69) is 42.3 Å². The van der Waals surface area contributed by atoms with E-state index >= 15 is 0 Å². The molecule has 1 aromatic rings. The fraction of sp³-hybridized carbons (Fsp3) is 0.692. The zero-order valence-electron chi connectivity index (χ0n) is 11.6. The lowest BCUT2D eigenvalue weighted by molar-refractivity contribution is 0.0880. The van der Waals surface area contributed by atoms with Crippen LogP contribution in [0.4, 0.5) is 0 Å². The van der Waals surface area contributed by atoms with Crippen molar-refractivity contribution >= 4 is 11.3 Å². The number of piperazine rings is 1. The van der Waals surface area contributed by atoms with E-state index in [0.717, 1.165) is 26.2 Å². The highest BCUT2D eigenvalue weighted by atomic mass is 32.1. The van der Waals surface area contributed by atoms with Crippen LogP contribution in [0.25, 0.3) is 0 Å². The summed E-state index contributed by atoms with van der Waals surface area (Å²) in [6.07, 6.45) is 0. The Morgan fingerprint density at radius 2 is 2.00 bits per heavy atom. The number of hydrogen-bond acceptors (Lipinski definition) is 5. The predicted octanol–water partition coefficient (Wildman–Crippen LogP) is 1.12. The molecule has 4 nitrogen and oxygen atoms in total. The van der Waals surface area contributed by atoms with Gasteiger partial charge in [-0.05, 0) is 32.5 Å². The first-order valence-electron chi connectivity index (χ1n) is 6.57. The SMILES string of the molecule is Cc1cc(C(CN)NN2CCN(C)CC2)c(C)s1. The topological polar surface area (TPSA) is 44.5 Å². The monoisotopic (exact) mass is 268 g/mol. The zero-order chi connectivity index (χ0) is 13.1. The molecule has 18 heavy (non-hydrogen) atoms. The van der Waals surface area contributed by atoms with Crippen molar-refractivity contribution < 1.29 is 0 Å². The van der Waals surface area contributed by atoms with E-state index in [1.165, 1.54) is 15.3 Å². The smallest absolute Gasteiger partial charge is 0.0597 e. The van der Waals surface area contributed by atoms with Crippen molar-refractivity contribution in [3.8, 4) is 0 Å². The standard InChI is InChI=1S/C13H24N4S/c1-10-8-12(11(2)18-10)13(9-14)15-17-6-4-16(3)5-7-17/h8,13,15H,4-7,9,14H2,1-3H3. The predicted molar refractivity (Wildman–Crippen MR) is 77.8 cm³/mol. The van der Waals surface area contributed by atoms with Crippen molar-refractivity contribution in [1.29, 1.82) is 0 Å². The first-order chi connectivity index (χ1) is 8.60. The van der Waals surface area contributed by atoms with E-state index in [0.29, 0.717) is 6.54 Å². The van der Waals surface area contributed by atoms with Crippen LogP contribution >= 0.6 is 11.3 Å². The zero-order valence-corrected chi connectivity index (χ0v) is 12.4. The van der Waals surface area contributed by atoms with Gasteiger partial charge < -0.3 is 10.6 Å². The third kappa shape index (κ3) is 3.30. The van der Waals surface area contributed by atoms with Gasteiger partial charge in [-0.3, -0.25) is 0 Å². The Balaban J connectivity index is 1.99. The van der Waals surface area contributed by atoms with Gasteiger partial charge in [0.2, 0.25) is 0 Å². The molecule has 1 unspecified atom stereocenters. The Bertz CT molecular complexity index is 382. The molecule has 1 aliphatic heterocycles. The van der Waals surface area contributed by atoms with Crippen molar-refractivity contribution in [3.63, 3.8) is 0 Å². The molecule has 5 heteroatoms. The average molecular weight is 268 g/mol. The highest BCUT2D eigenvalue weighted by Crippen LogP contribution is 2.26. The molecule has 102 valence electrons. The molecule has 0 saturated carbocycles. The Morgan fingerprint density at radius 1 is 1.33 bits per heavy atom. The van der Waals surface area contributed by atoms with Crippen LogP contribution in [0.1, 0.15) is 21.4 Å². The summed E-state index contributed by atoms with van der Waals surface area (Å²) in [5.41, 5.74) is 10.9. The highest BCUT2D eigenvalue weighted by molar-refractivity contribution is 7.12. The van der Waals surface area contributed by atoms with Gasteiger partial charge in [-0.2, -0.15) is 0 Å². The van der Waals surface area contributed by atoms with Crippen LogP contribution in [0.3, 0.4) is 0 Å². The second-order valence-electron chi connectivity index (χ2n) is 5.08. The Morgan fingerprint density at radius 3 is 2.50 bits per heavy atom. The normalized spacial score (nSPS) is 20.2. The van der Waals surface area contributed by atoms with Gasteiger partial charge in [-0.25, -0.2) is 10.4 Å². The van der Waals surface area contributed by atoms with Crippen LogP contribution in [-0.2, 0) is 0 Å². The Kier molecular flexibility index (Phi) is 4.75. The number of aryl methyl sites for hydroxylation is 2. The van der Waals surface area contributed by atoms with E-state index in [1.807, 2.05) is 11.3 Å². The molecule has 2 heterocycles. The van der Waals surface area contributed by atoms with Gasteiger partial charge in [0, 0.05) is 42.5 Å². The molecule has 1 aromatic heterocycles. The molecule has 0 amide bonds. The first-order valence-corrected chi connectivity index (χ1v) is 7.38. The number of hydrogen-bond donors (Lipinski definition) is 2. The minimum Gasteiger partial charge on any atom is -0.329 e. The summed E-state index contributed by atoms with van der Waals surface area (Å²) in [7, 11) is 2.17. The van der Waals surface area contributed by atoms with Gasteiger partial charge in [0.1, 0.15) is 0 Å². The van der Waals surface area contributed by atoms with E-state index in [-0.39, 0.29) is 6.04 Å². The fourth-order valence-corrected chi connectivity index (χ4v) is 3.39. The molecule has 0 spiro atoms. The molecule has 1 atom stereocenters. The summed E-state index contributed by atoms with van der Waals surface area (Å²) < 4.78 is 0. The summed E-state index contributed by atoms with van der Waals surface area (Å²) in [4.78, 5) is 5.10. The minimum absolute atomic E-state index is 0.248. The van der Waals surface area contributed by atoms with Gasteiger partial charge in [0.25, 0.3) is 0 Å². The van der Waals surface area contributed by atoms with Crippen LogP contribution in [0.5, 0.6) is 0 Å². The summed E-state index contributed by atoms with van der Waals surface area (Å²) in [5, 5.41) is 2.31. The third-order valence-corrected chi connectivity index (χ3v) is 4.51. The van der Waals surface area contributed by atoms with Gasteiger partial charge in [-0.1, -0.05) is 0 Å². The van der Waals surface area contributed by atoms with Crippen molar-refractivity contribution in [2.24, 2.45) is 5.73 Å². The van der Waals surface area contributed by atoms with Crippen molar-refractivity contribution in [3.05, 3.63) is 21.4 Å². The van der Waals surface area contributed by atoms with Crippen molar-refractivity contribution in [2.45, 2.75) is 19.9 Å². The van der Waals surface area contributed by atoms with E-state index in [1.54, 1.807) is 0 Å². The fourth-order valence-electron chi connectivity index (χ4n) is 2.40. The van der Waals surface area contributed by atoms with Crippen molar-refractivity contribution in [1.82, 2.24) is 15.3 Å². The maximum absolute atomic E-state index is 5.93. The summed E-state index contributed by atoms with van der Waals surface area (Å²) in [5.74, 6) is 0. The first kappa shape index (κ1) is 14.0. The lowest BCUT2D eigenvalue weighted by Gasteiger charge is -2.35. The molecule has 0 aromatic carbocycles. The van der Waals surface area contributed by atoms with Crippen LogP contribution in [0.15, 0.2) is 6.07 Å². The number of rotatable bonds is 4. The number of nitrogens with zero attached hydrogens (tertiary/aromatic N) is 2. The molecule has 0 bridgehead atoms. The summed E-state index contributed by atoms with van der Waals surface area (Å²) in [6, 6.07) is 2.51. The van der Waals surface area contributed by atoms with Crippen LogP contribution in [-0.4, -0.2) is 49.7 Å². The Hall–Kier alpha value is -0.460. The van der Waals surface area contributed by atoms with E-state index < -0.39 is 0 Å². The van der Waals surface area contributed by atoms with Crippen LogP contribution in [0.2, 0.25) is 0 Å². The van der Waals surface area contributed by atoms with Crippen molar-refractivity contribution in [2.75, 3.05) is 39.8 Å². The molecular weight excluding hydrogens is 244 g/mol. The van der Waals surface area contributed by atoms with E-state index in [4.69, 9.17) is 5.73 Å². The molecule has 0 aliphatic carbocycles. The third-order valence-electron chi connectivity index (χ3n) is 3.53. The van der Waals surface area contributed by atoms with E-state index in [9.17, 15) is 0 Å². The van der Waals surface area contributed by atoms with Gasteiger partial charge >= 0.3 is 0 Å². The number of nitrogens with two attached hydrogens (primary N) is 1. The summed E-state index contributed by atoms with van der Waals surface area (Å²) >= 11 is 1.85. The number of nitrogens with one attached hydrogen (secondary N) is 1. The minimum atomic E-state index is 0.248. The number of thiophene rings is 1. The second kappa shape index (κ2) is 6.12. The molecule has 1 fully saturated rings. The van der Waals surface area contributed by atoms with Gasteiger partial charge in [0.05, 0.1) is 6.04 Å². The maximum Gasteiger partial charge on any atom is 0.0597 e. The lowest BCUT2D eigenvalue weighted by atomic mass is 10.1. The maximum atomic E-state index is 5.93. The molecule has 1 aliphatic rings. The largest absolute Gasteiger partial charge is 0.329 e. The molecule has 2 rings (SSSR count). The van der Waals surface area contributed by atoms with Gasteiger partial charge in [-0.15, -0.1) is 11.3 Å². The number of hydrazine groups is 1. The molecule has 3 N–H and O–H groups in total. The molecule has 0 radical (unpaired) electrons. The van der Waals surface area contributed by atoms with Gasteiger partial charge in [0.15, 0.2) is 0 Å². The average Bonchev–Trinajstić information content (AvgIpc) is 2.68. The molecule has 1 saturated heterocycles. The highest BCUT2D eigenvalue weighted by Gasteiger charge is 2.20. The second-order valence-corrected chi connectivity index (χ2v) is 6.54. The molecular formula is C13H24N4S. The lowest BCUT2D eigenvalue weighted by Crippen LogP contribution is -2.52.